The molecule has 0 rings (SSSR count). The molecular weight excluding hydrogens is 224 g/mol. The summed E-state index contributed by atoms with van der Waals surface area (Å²) in [7, 11) is 0. The van der Waals surface area contributed by atoms with Crippen LogP contribution in [0.5, 0.6) is 0 Å². The second-order valence-corrected chi connectivity index (χ2v) is 5.99. The average molecular weight is 249 g/mol. The lowest BCUT2D eigenvalue weighted by molar-refractivity contribution is 0.221. The molecular formula is C12H25Br. The van der Waals surface area contributed by atoms with Gasteiger partial charge in [0.15, 0.2) is 0 Å². The van der Waals surface area contributed by atoms with Gasteiger partial charge < -0.3 is 0 Å². The smallest absolute Gasteiger partial charge is 0.00647 e. The Morgan fingerprint density at radius 1 is 1.23 bits per heavy atom. The lowest BCUT2D eigenvalue weighted by atomic mass is 9.76. The molecule has 0 saturated carbocycles. The summed E-state index contributed by atoms with van der Waals surface area (Å²) in [4.78, 5) is 0. The van der Waals surface area contributed by atoms with Crippen LogP contribution >= 0.6 is 15.9 Å². The summed E-state index contributed by atoms with van der Waals surface area (Å²) in [5, 5.41) is 1.14. The number of hydrogen-bond acceptors (Lipinski definition) is 0. The van der Waals surface area contributed by atoms with Crippen LogP contribution in [-0.2, 0) is 0 Å². The van der Waals surface area contributed by atoms with Crippen molar-refractivity contribution in [2.24, 2.45) is 17.3 Å². The molecule has 0 heterocycles. The summed E-state index contributed by atoms with van der Waals surface area (Å²) in [6.45, 7) is 11.7. The number of rotatable bonds is 5. The van der Waals surface area contributed by atoms with Gasteiger partial charge >= 0.3 is 0 Å². The first-order chi connectivity index (χ1) is 5.91. The van der Waals surface area contributed by atoms with E-state index in [1.54, 1.807) is 0 Å². The third kappa shape index (κ3) is 5.72. The third-order valence-corrected chi connectivity index (χ3v) is 3.66. The largest absolute Gasteiger partial charge is 0.0925 e. The van der Waals surface area contributed by atoms with Crippen LogP contribution in [-0.4, -0.2) is 5.33 Å². The van der Waals surface area contributed by atoms with Gasteiger partial charge in [0.05, 0.1) is 0 Å². The van der Waals surface area contributed by atoms with Crippen molar-refractivity contribution in [3.05, 3.63) is 0 Å². The van der Waals surface area contributed by atoms with Crippen molar-refractivity contribution >= 4 is 15.9 Å². The van der Waals surface area contributed by atoms with Crippen LogP contribution in [0.3, 0.4) is 0 Å². The van der Waals surface area contributed by atoms with Crippen molar-refractivity contribution in [3.8, 4) is 0 Å². The topological polar surface area (TPSA) is 0 Å². The van der Waals surface area contributed by atoms with E-state index < -0.39 is 0 Å². The molecule has 0 aromatic heterocycles. The summed E-state index contributed by atoms with van der Waals surface area (Å²) in [5.41, 5.74) is 0.450. The van der Waals surface area contributed by atoms with Gasteiger partial charge in [0.1, 0.15) is 0 Å². The van der Waals surface area contributed by atoms with Crippen LogP contribution in [0.25, 0.3) is 0 Å². The molecule has 1 heteroatoms. The summed E-state index contributed by atoms with van der Waals surface area (Å²) in [6.07, 6.45) is 4.06. The number of hydrogen-bond donors (Lipinski definition) is 0. The average Bonchev–Trinajstić information content (AvgIpc) is 1.98. The van der Waals surface area contributed by atoms with E-state index in [1.165, 1.54) is 19.3 Å². The highest BCUT2D eigenvalue weighted by Gasteiger charge is 2.24. The van der Waals surface area contributed by atoms with Gasteiger partial charge in [-0.1, -0.05) is 63.4 Å². The molecule has 0 aliphatic carbocycles. The first-order valence-corrected chi connectivity index (χ1v) is 6.59. The van der Waals surface area contributed by atoms with Gasteiger partial charge in [0, 0.05) is 5.33 Å². The zero-order valence-corrected chi connectivity index (χ0v) is 11.4. The van der Waals surface area contributed by atoms with E-state index in [-0.39, 0.29) is 0 Å². The molecule has 0 aliphatic heterocycles. The summed E-state index contributed by atoms with van der Waals surface area (Å²) in [6, 6.07) is 0. The molecule has 0 amide bonds. The molecule has 13 heavy (non-hydrogen) atoms. The molecule has 0 fully saturated rings. The van der Waals surface area contributed by atoms with Gasteiger partial charge in [-0.05, 0) is 23.7 Å². The molecule has 2 unspecified atom stereocenters. The van der Waals surface area contributed by atoms with E-state index in [1.807, 2.05) is 0 Å². The summed E-state index contributed by atoms with van der Waals surface area (Å²) >= 11 is 3.63. The maximum absolute atomic E-state index is 3.63. The predicted octanol–water partition coefficient (Wildman–Crippen LogP) is 4.87. The fourth-order valence-corrected chi connectivity index (χ4v) is 2.98. The molecule has 0 spiro atoms. The van der Waals surface area contributed by atoms with Crippen LogP contribution in [0.1, 0.15) is 53.9 Å². The molecule has 0 radical (unpaired) electrons. The zero-order chi connectivity index (χ0) is 10.5. The third-order valence-electron chi connectivity index (χ3n) is 2.88. The molecule has 0 bridgehead atoms. The van der Waals surface area contributed by atoms with Gasteiger partial charge in [-0.25, -0.2) is 0 Å². The first-order valence-electron chi connectivity index (χ1n) is 5.47. The van der Waals surface area contributed by atoms with Crippen molar-refractivity contribution in [2.45, 2.75) is 53.9 Å². The highest BCUT2D eigenvalue weighted by molar-refractivity contribution is 9.09. The van der Waals surface area contributed by atoms with Crippen molar-refractivity contribution in [2.75, 3.05) is 5.33 Å². The minimum atomic E-state index is 0.450. The SMILES string of the molecule is CCCC(C)CC(CBr)C(C)(C)C. The number of alkyl halides is 1. The normalized spacial score (nSPS) is 17.1. The second kappa shape index (κ2) is 6.06. The molecule has 0 aromatic rings. The number of halogens is 1. The standard InChI is InChI=1S/C12H25Br/c1-6-7-10(2)8-11(9-13)12(3,4)5/h10-11H,6-9H2,1-5H3. The maximum Gasteiger partial charge on any atom is 0.00647 e. The molecule has 0 aliphatic rings. The first kappa shape index (κ1) is 13.5. The Kier molecular flexibility index (Phi) is 6.28. The molecule has 0 aromatic carbocycles. The van der Waals surface area contributed by atoms with Crippen LogP contribution in [0, 0.1) is 17.3 Å². The van der Waals surface area contributed by atoms with Gasteiger partial charge in [-0.3, -0.25) is 0 Å². The molecule has 2 atom stereocenters. The van der Waals surface area contributed by atoms with E-state index >= 15 is 0 Å². The lowest BCUT2D eigenvalue weighted by Crippen LogP contribution is -2.23. The highest BCUT2D eigenvalue weighted by atomic mass is 79.9. The Balaban J connectivity index is 3.98. The van der Waals surface area contributed by atoms with Crippen LogP contribution in [0.4, 0.5) is 0 Å². The minimum absolute atomic E-state index is 0.450. The van der Waals surface area contributed by atoms with E-state index in [0.717, 1.165) is 17.2 Å². The Morgan fingerprint density at radius 3 is 2.08 bits per heavy atom. The Bertz CT molecular complexity index is 124. The quantitative estimate of drug-likeness (QED) is 0.610. The summed E-state index contributed by atoms with van der Waals surface area (Å²) < 4.78 is 0. The van der Waals surface area contributed by atoms with Crippen molar-refractivity contribution in [1.29, 1.82) is 0 Å². The molecule has 0 saturated heterocycles. The Hall–Kier alpha value is 0.480. The van der Waals surface area contributed by atoms with Crippen LogP contribution in [0.15, 0.2) is 0 Å². The van der Waals surface area contributed by atoms with Gasteiger partial charge in [0.25, 0.3) is 0 Å². The highest BCUT2D eigenvalue weighted by Crippen LogP contribution is 2.33. The lowest BCUT2D eigenvalue weighted by Gasteiger charge is -2.31. The zero-order valence-electron chi connectivity index (χ0n) is 9.86. The molecule has 0 N–H and O–H groups in total. The van der Waals surface area contributed by atoms with Gasteiger partial charge in [0.2, 0.25) is 0 Å². The fourth-order valence-electron chi connectivity index (χ4n) is 1.74. The van der Waals surface area contributed by atoms with Crippen molar-refractivity contribution < 1.29 is 0 Å². The van der Waals surface area contributed by atoms with Crippen molar-refractivity contribution in [1.82, 2.24) is 0 Å². The van der Waals surface area contributed by atoms with Crippen molar-refractivity contribution in [3.63, 3.8) is 0 Å². The molecule has 80 valence electrons. The van der Waals surface area contributed by atoms with E-state index in [0.29, 0.717) is 5.41 Å². The van der Waals surface area contributed by atoms with E-state index in [9.17, 15) is 0 Å². The van der Waals surface area contributed by atoms with Gasteiger partial charge in [-0.15, -0.1) is 0 Å². The maximum atomic E-state index is 3.63. The monoisotopic (exact) mass is 248 g/mol. The Labute approximate surface area is 92.6 Å². The van der Waals surface area contributed by atoms with Crippen LogP contribution < -0.4 is 0 Å². The van der Waals surface area contributed by atoms with Crippen LogP contribution in [0.2, 0.25) is 0 Å². The fraction of sp³-hybridized carbons (Fsp3) is 1.00. The summed E-state index contributed by atoms with van der Waals surface area (Å²) in [5.74, 6) is 1.70. The van der Waals surface area contributed by atoms with E-state index in [4.69, 9.17) is 0 Å². The minimum Gasteiger partial charge on any atom is -0.0925 e. The van der Waals surface area contributed by atoms with E-state index in [2.05, 4.69) is 50.5 Å². The predicted molar refractivity (Wildman–Crippen MR) is 65.4 cm³/mol. The molecule has 0 nitrogen and oxygen atoms in total. The van der Waals surface area contributed by atoms with Gasteiger partial charge in [-0.2, -0.15) is 0 Å². The Morgan fingerprint density at radius 2 is 1.77 bits per heavy atom. The second-order valence-electron chi connectivity index (χ2n) is 5.35.